The summed E-state index contributed by atoms with van der Waals surface area (Å²) in [5.74, 6) is 0.284. The molecule has 7 heteroatoms. The zero-order valence-electron chi connectivity index (χ0n) is 11.5. The van der Waals surface area contributed by atoms with Crippen LogP contribution in [0.25, 0.3) is 0 Å². The van der Waals surface area contributed by atoms with Crippen molar-refractivity contribution in [3.05, 3.63) is 11.8 Å². The fourth-order valence-corrected chi connectivity index (χ4v) is 2.27. The van der Waals surface area contributed by atoms with E-state index >= 15 is 0 Å². The third-order valence-corrected chi connectivity index (χ3v) is 3.42. The van der Waals surface area contributed by atoms with Gasteiger partial charge in [0.05, 0.1) is 5.69 Å². The summed E-state index contributed by atoms with van der Waals surface area (Å²) in [6, 6.07) is 1.29. The lowest BCUT2D eigenvalue weighted by Crippen LogP contribution is -2.56. The lowest BCUT2D eigenvalue weighted by Gasteiger charge is -2.37. The van der Waals surface area contributed by atoms with Gasteiger partial charge >= 0.3 is 0 Å². The third kappa shape index (κ3) is 2.54. The minimum atomic E-state index is -0.427. The molecule has 0 saturated carbocycles. The van der Waals surface area contributed by atoms with E-state index in [0.29, 0.717) is 18.9 Å². The van der Waals surface area contributed by atoms with Crippen LogP contribution in [-0.4, -0.2) is 57.6 Å². The van der Waals surface area contributed by atoms with E-state index in [2.05, 4.69) is 5.10 Å². The Kier molecular flexibility index (Phi) is 3.46. The number of carbonyl (C=O) groups is 2. The van der Waals surface area contributed by atoms with E-state index in [4.69, 9.17) is 5.73 Å². The number of nitrogens with two attached hydrogens (primary N) is 1. The van der Waals surface area contributed by atoms with Gasteiger partial charge in [0, 0.05) is 26.2 Å². The Labute approximate surface area is 111 Å². The van der Waals surface area contributed by atoms with E-state index in [0.717, 1.165) is 5.69 Å². The number of nitrogen functional groups attached to an aromatic ring is 1. The Bertz CT molecular complexity index is 510. The number of amides is 2. The fraction of sp³-hybridized carbons (Fsp3) is 0.583. The van der Waals surface area contributed by atoms with Crippen molar-refractivity contribution in [3.8, 4) is 0 Å². The molecule has 1 atom stereocenters. The van der Waals surface area contributed by atoms with Crippen molar-refractivity contribution >= 4 is 17.6 Å². The molecule has 1 aromatic heterocycles. The van der Waals surface area contributed by atoms with E-state index in [-0.39, 0.29) is 18.4 Å². The molecule has 1 saturated heterocycles. The summed E-state index contributed by atoms with van der Waals surface area (Å²) in [5, 5.41) is 4.15. The van der Waals surface area contributed by atoms with E-state index < -0.39 is 6.04 Å². The summed E-state index contributed by atoms with van der Waals surface area (Å²) in [5.41, 5.74) is 6.53. The molecule has 104 valence electrons. The number of piperazine rings is 1. The average Bonchev–Trinajstić information content (AvgIpc) is 2.65. The van der Waals surface area contributed by atoms with E-state index in [9.17, 15) is 9.59 Å². The zero-order valence-corrected chi connectivity index (χ0v) is 11.5. The molecule has 19 heavy (non-hydrogen) atoms. The normalized spacial score (nSPS) is 19.9. The van der Waals surface area contributed by atoms with Crippen molar-refractivity contribution in [1.29, 1.82) is 0 Å². The Hall–Kier alpha value is -2.05. The average molecular weight is 265 g/mol. The molecule has 0 aromatic carbocycles. The summed E-state index contributed by atoms with van der Waals surface area (Å²) in [4.78, 5) is 27.3. The molecule has 0 bridgehead atoms. The van der Waals surface area contributed by atoms with Gasteiger partial charge in [-0.2, -0.15) is 5.10 Å². The molecular formula is C12H19N5O2. The molecule has 0 unspecified atom stereocenters. The first-order valence-corrected chi connectivity index (χ1v) is 6.24. The van der Waals surface area contributed by atoms with Gasteiger partial charge in [-0.05, 0) is 13.8 Å². The number of hydrogen-bond donors (Lipinski definition) is 1. The molecule has 0 spiro atoms. The summed E-state index contributed by atoms with van der Waals surface area (Å²) in [7, 11) is 1.75. The summed E-state index contributed by atoms with van der Waals surface area (Å²) < 4.78 is 1.47. The third-order valence-electron chi connectivity index (χ3n) is 3.42. The number of hydrogen-bond acceptors (Lipinski definition) is 4. The van der Waals surface area contributed by atoms with Gasteiger partial charge in [0.2, 0.25) is 11.8 Å². The van der Waals surface area contributed by atoms with Crippen LogP contribution in [0.2, 0.25) is 0 Å². The molecule has 0 radical (unpaired) electrons. The predicted molar refractivity (Wildman–Crippen MR) is 70.2 cm³/mol. The lowest BCUT2D eigenvalue weighted by molar-refractivity contribution is -0.149. The Morgan fingerprint density at radius 2 is 2.21 bits per heavy atom. The number of carbonyl (C=O) groups excluding carboxylic acids is 2. The molecule has 2 N–H and O–H groups in total. The van der Waals surface area contributed by atoms with Crippen molar-refractivity contribution < 1.29 is 9.59 Å². The predicted octanol–water partition coefficient (Wildman–Crippen LogP) is -0.537. The minimum Gasteiger partial charge on any atom is -0.384 e. The topological polar surface area (TPSA) is 84.5 Å². The number of aryl methyl sites for hydroxylation is 1. The molecule has 0 aliphatic carbocycles. The number of aromatic nitrogens is 2. The Morgan fingerprint density at radius 3 is 2.79 bits per heavy atom. The zero-order chi connectivity index (χ0) is 14.2. The largest absolute Gasteiger partial charge is 0.384 e. The Morgan fingerprint density at radius 1 is 1.53 bits per heavy atom. The maximum Gasteiger partial charge on any atom is 0.245 e. The molecular weight excluding hydrogens is 246 g/mol. The SMILES string of the molecule is Cc1cc(N)n(CC(=O)N2CCN(C)C(=O)[C@H]2C)n1. The number of nitrogens with zero attached hydrogens (tertiary/aromatic N) is 4. The van der Waals surface area contributed by atoms with Gasteiger partial charge in [-0.3, -0.25) is 9.59 Å². The van der Waals surface area contributed by atoms with Crippen LogP contribution in [-0.2, 0) is 16.1 Å². The van der Waals surface area contributed by atoms with Gasteiger partial charge in [-0.15, -0.1) is 0 Å². The molecule has 1 aromatic rings. The van der Waals surface area contributed by atoms with Gasteiger partial charge in [-0.25, -0.2) is 4.68 Å². The van der Waals surface area contributed by atoms with Crippen LogP contribution in [0.15, 0.2) is 6.07 Å². The molecule has 2 amide bonds. The number of anilines is 1. The van der Waals surface area contributed by atoms with Gasteiger partial charge < -0.3 is 15.5 Å². The second-order valence-corrected chi connectivity index (χ2v) is 4.89. The maximum atomic E-state index is 12.2. The Balaban J connectivity index is 2.08. The molecule has 1 aliphatic heterocycles. The first kappa shape index (κ1) is 13.4. The first-order chi connectivity index (χ1) is 8.90. The number of likely N-dealkylation sites (N-methyl/N-ethyl adjacent to an activating group) is 1. The molecule has 2 rings (SSSR count). The maximum absolute atomic E-state index is 12.2. The van der Waals surface area contributed by atoms with Gasteiger partial charge in [0.1, 0.15) is 18.4 Å². The van der Waals surface area contributed by atoms with Crippen LogP contribution in [0.3, 0.4) is 0 Å². The van der Waals surface area contributed by atoms with Crippen molar-refractivity contribution in [1.82, 2.24) is 19.6 Å². The summed E-state index contributed by atoms with van der Waals surface area (Å²) in [6.07, 6.45) is 0. The smallest absolute Gasteiger partial charge is 0.245 e. The second kappa shape index (κ2) is 4.91. The van der Waals surface area contributed by atoms with Crippen LogP contribution >= 0.6 is 0 Å². The molecule has 2 heterocycles. The lowest BCUT2D eigenvalue weighted by atomic mass is 10.2. The molecule has 1 aliphatic rings. The highest BCUT2D eigenvalue weighted by Crippen LogP contribution is 2.12. The highest BCUT2D eigenvalue weighted by atomic mass is 16.2. The van der Waals surface area contributed by atoms with Crippen LogP contribution in [0.4, 0.5) is 5.82 Å². The number of rotatable bonds is 2. The van der Waals surface area contributed by atoms with Gasteiger partial charge in [0.15, 0.2) is 0 Å². The van der Waals surface area contributed by atoms with Crippen LogP contribution in [0, 0.1) is 6.92 Å². The van der Waals surface area contributed by atoms with Crippen molar-refractivity contribution in [2.45, 2.75) is 26.4 Å². The molecule has 1 fully saturated rings. The van der Waals surface area contributed by atoms with Gasteiger partial charge in [-0.1, -0.05) is 0 Å². The monoisotopic (exact) mass is 265 g/mol. The van der Waals surface area contributed by atoms with E-state index in [1.54, 1.807) is 29.8 Å². The second-order valence-electron chi connectivity index (χ2n) is 4.89. The highest BCUT2D eigenvalue weighted by molar-refractivity contribution is 5.88. The van der Waals surface area contributed by atoms with Crippen LogP contribution in [0.1, 0.15) is 12.6 Å². The first-order valence-electron chi connectivity index (χ1n) is 6.24. The minimum absolute atomic E-state index is 0.0378. The van der Waals surface area contributed by atoms with Crippen molar-refractivity contribution in [2.75, 3.05) is 25.9 Å². The quantitative estimate of drug-likeness (QED) is 0.778. The summed E-state index contributed by atoms with van der Waals surface area (Å²) >= 11 is 0. The van der Waals surface area contributed by atoms with Crippen molar-refractivity contribution in [2.24, 2.45) is 0 Å². The standard InChI is InChI=1S/C12H19N5O2/c1-8-6-10(13)17(14-8)7-11(18)16-5-4-15(3)12(19)9(16)2/h6,9H,4-5,7,13H2,1-3H3/t9-/m1/s1. The van der Waals surface area contributed by atoms with E-state index in [1.807, 2.05) is 6.92 Å². The van der Waals surface area contributed by atoms with Crippen molar-refractivity contribution in [3.63, 3.8) is 0 Å². The van der Waals surface area contributed by atoms with Gasteiger partial charge in [0.25, 0.3) is 0 Å². The summed E-state index contributed by atoms with van der Waals surface area (Å²) in [6.45, 7) is 4.73. The van der Waals surface area contributed by atoms with Crippen LogP contribution in [0.5, 0.6) is 0 Å². The fourth-order valence-electron chi connectivity index (χ4n) is 2.27. The highest BCUT2D eigenvalue weighted by Gasteiger charge is 2.32. The molecule has 7 nitrogen and oxygen atoms in total. The van der Waals surface area contributed by atoms with E-state index in [1.165, 1.54) is 4.68 Å². The van der Waals surface area contributed by atoms with Crippen LogP contribution < -0.4 is 5.73 Å².